The van der Waals surface area contributed by atoms with Crippen LogP contribution in [0, 0.1) is 0 Å². The van der Waals surface area contributed by atoms with Crippen molar-refractivity contribution in [3.8, 4) is 0 Å². The Kier molecular flexibility index (Phi) is 5.84. The third-order valence-electron chi connectivity index (χ3n) is 4.72. The molecule has 0 N–H and O–H groups in total. The molecule has 28 heavy (non-hydrogen) atoms. The van der Waals surface area contributed by atoms with Gasteiger partial charge in [0, 0.05) is 5.56 Å². The van der Waals surface area contributed by atoms with Gasteiger partial charge in [-0.1, -0.05) is 91.0 Å². The van der Waals surface area contributed by atoms with E-state index in [1.54, 1.807) is 0 Å². The minimum Gasteiger partial charge on any atom is -0.343 e. The average Bonchev–Trinajstić information content (AvgIpc) is 3.10. The topological polar surface area (TPSA) is 36.9 Å². The van der Waals surface area contributed by atoms with E-state index in [0.717, 1.165) is 16.7 Å². The van der Waals surface area contributed by atoms with Gasteiger partial charge in [-0.05, 0) is 18.1 Å². The zero-order valence-corrected chi connectivity index (χ0v) is 15.9. The van der Waals surface area contributed by atoms with Crippen LogP contribution in [0.25, 0.3) is 0 Å². The second-order valence-corrected chi connectivity index (χ2v) is 6.88. The quantitative estimate of drug-likeness (QED) is 0.582. The summed E-state index contributed by atoms with van der Waals surface area (Å²) in [5, 5.41) is 0. The smallest absolute Gasteiger partial charge is 0.212 e. The second-order valence-electron chi connectivity index (χ2n) is 6.88. The highest BCUT2D eigenvalue weighted by Gasteiger charge is 2.47. The number of hydrogen-bond acceptors (Lipinski definition) is 4. The standard InChI is InChI=1S/C24H24O4/c1-24(21-15-9-4-10-16-21)27-22(25-17-19-11-5-2-6-12-19)23(28-24)26-18-20-13-7-3-8-14-20/h2-16,22-23H,17-18H2,1H3/t22-,23-/m0/s1. The molecule has 3 aromatic rings. The van der Waals surface area contributed by atoms with Gasteiger partial charge in [0.1, 0.15) is 0 Å². The van der Waals surface area contributed by atoms with Gasteiger partial charge in [0.25, 0.3) is 0 Å². The van der Waals surface area contributed by atoms with Gasteiger partial charge in [-0.2, -0.15) is 0 Å². The summed E-state index contributed by atoms with van der Waals surface area (Å²) >= 11 is 0. The first kappa shape index (κ1) is 18.8. The van der Waals surface area contributed by atoms with Crippen LogP contribution >= 0.6 is 0 Å². The van der Waals surface area contributed by atoms with Crippen LogP contribution in [-0.2, 0) is 37.9 Å². The minimum absolute atomic E-state index is 0.422. The maximum Gasteiger partial charge on any atom is 0.212 e. The highest BCUT2D eigenvalue weighted by Crippen LogP contribution is 2.38. The molecule has 0 unspecified atom stereocenters. The summed E-state index contributed by atoms with van der Waals surface area (Å²) in [5.74, 6) is -0.927. The van der Waals surface area contributed by atoms with Crippen LogP contribution in [-0.4, -0.2) is 12.6 Å². The summed E-state index contributed by atoms with van der Waals surface area (Å²) < 4.78 is 24.4. The van der Waals surface area contributed by atoms with Crippen LogP contribution in [0.4, 0.5) is 0 Å². The van der Waals surface area contributed by atoms with Gasteiger partial charge in [0.15, 0.2) is 5.79 Å². The molecule has 4 heteroatoms. The third kappa shape index (κ3) is 4.49. The molecule has 0 aromatic heterocycles. The van der Waals surface area contributed by atoms with E-state index in [4.69, 9.17) is 18.9 Å². The van der Waals surface area contributed by atoms with Gasteiger partial charge in [0.05, 0.1) is 13.2 Å². The lowest BCUT2D eigenvalue weighted by atomic mass is 10.1. The first-order valence-electron chi connectivity index (χ1n) is 9.45. The molecular weight excluding hydrogens is 352 g/mol. The number of hydrogen-bond donors (Lipinski definition) is 0. The maximum atomic E-state index is 6.19. The zero-order valence-electron chi connectivity index (χ0n) is 15.9. The van der Waals surface area contributed by atoms with E-state index in [2.05, 4.69) is 0 Å². The fraction of sp³-hybridized carbons (Fsp3) is 0.250. The summed E-state index contributed by atoms with van der Waals surface area (Å²) in [6.07, 6.45) is -1.26. The van der Waals surface area contributed by atoms with Crippen LogP contribution < -0.4 is 0 Å². The van der Waals surface area contributed by atoms with Crippen LogP contribution in [0.15, 0.2) is 91.0 Å². The molecule has 0 aliphatic carbocycles. The van der Waals surface area contributed by atoms with Crippen molar-refractivity contribution in [2.24, 2.45) is 0 Å². The molecular formula is C24H24O4. The molecule has 1 fully saturated rings. The van der Waals surface area contributed by atoms with Gasteiger partial charge in [-0.25, -0.2) is 0 Å². The number of rotatable bonds is 7. The summed E-state index contributed by atoms with van der Waals surface area (Å²) in [7, 11) is 0. The van der Waals surface area contributed by atoms with Crippen molar-refractivity contribution in [1.29, 1.82) is 0 Å². The summed E-state index contributed by atoms with van der Waals surface area (Å²) in [5.41, 5.74) is 3.07. The number of ether oxygens (including phenoxy) is 4. The summed E-state index contributed by atoms with van der Waals surface area (Å²) in [6.45, 7) is 2.74. The summed E-state index contributed by atoms with van der Waals surface area (Å²) in [4.78, 5) is 0. The van der Waals surface area contributed by atoms with Crippen molar-refractivity contribution < 1.29 is 18.9 Å². The van der Waals surface area contributed by atoms with E-state index in [1.165, 1.54) is 0 Å². The lowest BCUT2D eigenvalue weighted by Gasteiger charge is -2.23. The molecule has 1 aliphatic rings. The predicted octanol–water partition coefficient (Wildman–Crippen LogP) is 4.99. The zero-order chi connectivity index (χ0) is 19.2. The Morgan fingerprint density at radius 3 is 1.46 bits per heavy atom. The molecule has 1 heterocycles. The van der Waals surface area contributed by atoms with Gasteiger partial charge in [-0.3, -0.25) is 0 Å². The lowest BCUT2D eigenvalue weighted by molar-refractivity contribution is -0.212. The van der Waals surface area contributed by atoms with Crippen LogP contribution in [0.5, 0.6) is 0 Å². The van der Waals surface area contributed by atoms with Gasteiger partial charge < -0.3 is 18.9 Å². The second kappa shape index (κ2) is 8.67. The van der Waals surface area contributed by atoms with Crippen molar-refractivity contribution >= 4 is 0 Å². The van der Waals surface area contributed by atoms with E-state index < -0.39 is 18.4 Å². The van der Waals surface area contributed by atoms with E-state index >= 15 is 0 Å². The normalized spacial score (nSPS) is 20.9. The molecule has 0 saturated carbocycles. The van der Waals surface area contributed by atoms with Crippen LogP contribution in [0.3, 0.4) is 0 Å². The van der Waals surface area contributed by atoms with E-state index in [1.807, 2.05) is 97.9 Å². The summed E-state index contributed by atoms with van der Waals surface area (Å²) in [6, 6.07) is 29.9. The van der Waals surface area contributed by atoms with Crippen molar-refractivity contribution in [2.75, 3.05) is 0 Å². The number of benzene rings is 3. The monoisotopic (exact) mass is 376 g/mol. The Balaban J connectivity index is 1.48. The Labute approximate surface area is 165 Å². The van der Waals surface area contributed by atoms with Gasteiger partial charge in [-0.15, -0.1) is 0 Å². The van der Waals surface area contributed by atoms with Gasteiger partial charge in [0.2, 0.25) is 12.6 Å². The van der Waals surface area contributed by atoms with Crippen molar-refractivity contribution in [1.82, 2.24) is 0 Å². The molecule has 1 aliphatic heterocycles. The largest absolute Gasteiger partial charge is 0.343 e. The molecule has 0 spiro atoms. The lowest BCUT2D eigenvalue weighted by Crippen LogP contribution is -2.28. The Hall–Kier alpha value is -2.50. The van der Waals surface area contributed by atoms with Gasteiger partial charge >= 0.3 is 0 Å². The first-order chi connectivity index (χ1) is 13.7. The first-order valence-corrected chi connectivity index (χ1v) is 9.45. The van der Waals surface area contributed by atoms with Crippen molar-refractivity contribution in [3.63, 3.8) is 0 Å². The molecule has 2 atom stereocenters. The molecule has 144 valence electrons. The van der Waals surface area contributed by atoms with Crippen LogP contribution in [0.2, 0.25) is 0 Å². The van der Waals surface area contributed by atoms with E-state index in [0.29, 0.717) is 13.2 Å². The molecule has 1 saturated heterocycles. The third-order valence-corrected chi connectivity index (χ3v) is 4.72. The maximum absolute atomic E-state index is 6.19. The molecule has 3 aromatic carbocycles. The highest BCUT2D eigenvalue weighted by atomic mass is 16.9. The molecule has 0 amide bonds. The molecule has 4 nitrogen and oxygen atoms in total. The highest BCUT2D eigenvalue weighted by molar-refractivity contribution is 5.20. The molecule has 4 rings (SSSR count). The Morgan fingerprint density at radius 2 is 1.04 bits per heavy atom. The molecule has 0 radical (unpaired) electrons. The van der Waals surface area contributed by atoms with Crippen molar-refractivity contribution in [2.45, 2.75) is 38.5 Å². The SMILES string of the molecule is CC1(c2ccccc2)O[C@H](OCc2ccccc2)[C@@H](OCc2ccccc2)O1. The minimum atomic E-state index is -0.927. The van der Waals surface area contributed by atoms with E-state index in [9.17, 15) is 0 Å². The fourth-order valence-corrected chi connectivity index (χ4v) is 3.19. The Morgan fingerprint density at radius 1 is 0.643 bits per heavy atom. The van der Waals surface area contributed by atoms with E-state index in [-0.39, 0.29) is 0 Å². The Bertz CT molecular complexity index is 800. The fourth-order valence-electron chi connectivity index (χ4n) is 3.19. The van der Waals surface area contributed by atoms with Crippen molar-refractivity contribution in [3.05, 3.63) is 108 Å². The molecule has 0 bridgehead atoms. The average molecular weight is 376 g/mol. The predicted molar refractivity (Wildman–Crippen MR) is 106 cm³/mol. The van der Waals surface area contributed by atoms with Crippen LogP contribution in [0.1, 0.15) is 23.6 Å².